The Balaban J connectivity index is 0.000000249. The van der Waals surface area contributed by atoms with Crippen LogP contribution < -0.4 is 0 Å². The molecular weight excluding hydrogens is 1470 g/mol. The molecule has 0 aromatic carbocycles. The third kappa shape index (κ3) is 25.8. The molecule has 4 saturated heterocycles. The molecule has 648 valence electrons. The molecule has 12 rings (SSSR count). The lowest BCUT2D eigenvalue weighted by molar-refractivity contribution is -0.162. The van der Waals surface area contributed by atoms with Crippen LogP contribution >= 0.6 is 0 Å². The minimum atomic E-state index is -3.72. The Bertz CT molecular complexity index is 6290. The van der Waals surface area contributed by atoms with E-state index in [2.05, 4.69) is 0 Å². The lowest BCUT2D eigenvalue weighted by atomic mass is 9.65. The number of carbonyl (C=O) groups is 8. The van der Waals surface area contributed by atoms with E-state index < -0.39 is 415 Å². The summed E-state index contributed by atoms with van der Waals surface area (Å²) >= 11 is 0. The first kappa shape index (κ1) is 43.8. The van der Waals surface area contributed by atoms with Crippen molar-refractivity contribution in [2.75, 3.05) is 0 Å². The maximum atomic E-state index is 13.5. The summed E-state index contributed by atoms with van der Waals surface area (Å²) in [6.07, 6.45) is -51.0. The van der Waals surface area contributed by atoms with Crippen molar-refractivity contribution in [1.29, 1.82) is 0 Å². The number of fused-ring (bicyclic) bond motifs is 4. The quantitative estimate of drug-likeness (QED) is 0.0516. The first-order valence-corrected chi connectivity index (χ1v) is 38.9. The number of cyclic esters (lactones) is 4. The van der Waals surface area contributed by atoms with Crippen LogP contribution in [-0.4, -0.2) is 141 Å². The van der Waals surface area contributed by atoms with Crippen LogP contribution in [0.15, 0.2) is 94.9 Å². The van der Waals surface area contributed by atoms with E-state index in [1.165, 1.54) is 41.5 Å². The van der Waals surface area contributed by atoms with Crippen LogP contribution in [0.5, 0.6) is 0 Å². The third-order valence-electron chi connectivity index (χ3n) is 21.7. The van der Waals surface area contributed by atoms with E-state index >= 15 is 0 Å². The number of hydrogen-bond acceptors (Lipinski definition) is 20. The van der Waals surface area contributed by atoms with Gasteiger partial charge in [-0.25, -0.2) is 0 Å². The van der Waals surface area contributed by atoms with Crippen LogP contribution in [0, 0.1) is 118 Å². The van der Waals surface area contributed by atoms with Gasteiger partial charge < -0.3 is 58.3 Å². The van der Waals surface area contributed by atoms with Gasteiger partial charge in [0.1, 0.15) is 48.8 Å². The fraction of sp³-hybridized carbons (Fsp3) is 0.750. The first-order valence-electron chi connectivity index (χ1n) is 65.9. The molecular formula is C96H144O20. The first-order chi connectivity index (χ1) is 75.9. The SMILES string of the molecule is [2H]C1=C([2H])[C@]([2H])(C)[C@H](CCC2C[C@@H](O)C([2H])([2H])C(=O)O2)[C@@H]2C1=C([2H])[C@]([2H])(C)C([2H])([2H])C2OC(=O)[C@@H](C([2H])([2H])[2H])C([2H])([2H])C([2H])([2H])[2H].[2H]C1=C([2H])[C@]([2H])(C)[C@H](CCC2C[C@@H](O)C([2H])([2H])C(=O)O2)[C@@H]2C1=C([2H])[C@]([2H])(C)C([2H])([2H])C2OC(=O)[C@@H](C)C([2H])([2H])C([2H])([2H])[2H].[2H]C1=C([2H])[C@]([2H])(C)[C@H](CCC2C[C@@H](O)C([2H])([2H])C(=O)O2)[C@@H]2C1=C([2H])[C@]([2H])(C)C([2H])([2H])C2OC(=O)[C@]([2H])(CC)C([2H])([2H])[2H].[2H]C1=C([2H])[C@]([2H])(C)[C@H](CCC2C[C@@H](O)C([2H])([2H])C(=O)O2)[C@@H]2C1=C([2H])[C@]([2H])(C)C([2H])([2H])[C@@H]2OC(=O)[C@@]([2H])(C)CC. The van der Waals surface area contributed by atoms with Gasteiger partial charge in [0, 0.05) is 107 Å². The van der Waals surface area contributed by atoms with E-state index in [0.717, 1.165) is 34.6 Å². The molecule has 0 spiro atoms. The van der Waals surface area contributed by atoms with Crippen molar-refractivity contribution in [2.24, 2.45) is 118 Å². The fourth-order valence-corrected chi connectivity index (χ4v) is 15.4. The maximum absolute atomic E-state index is 13.5. The molecule has 20 nitrogen and oxygen atoms in total. The minimum Gasteiger partial charge on any atom is -0.462 e. The van der Waals surface area contributed by atoms with Crippen molar-refractivity contribution in [3.63, 3.8) is 0 Å². The Morgan fingerprint density at radius 1 is 0.431 bits per heavy atom. The number of hydrogen-bond donors (Lipinski definition) is 4. The molecule has 0 saturated carbocycles. The van der Waals surface area contributed by atoms with E-state index in [4.69, 9.17) is 112 Å². The standard InChI is InChI=1S/4C24H36O5/c4*1-5-15(3)24(27)29-21-11-14(2)10-17-7-6-16(4)20(23(17)21)9-8-19-12-18(25)13-22(26)28-19/h4*6-7,10,14-16,18-21,23,25H,5,8-9,11-13H2,1-4H3/t3*14-,15-,16-,18+,19?,20-,21?,23-;14-,15-,16-,18+,19?,20-,21-,23-/m0000/s1/i1D3,3D3,5D2,6D,7D,10D,11D2,13D2,14D,16D;3D3,6D,7D,10D,11D2,13D2,14D,15D,16D;1D3,5D2,6D,7D,10D,11D2,13D2,14D,16D;6D,7D,10D,11D2,13D2,14D,15D,16D. The molecule has 4 aliphatic heterocycles. The predicted molar refractivity (Wildman–Crippen MR) is 443 cm³/mol. The predicted octanol–water partition coefficient (Wildman–Crippen LogP) is 16.8. The van der Waals surface area contributed by atoms with Gasteiger partial charge in [0.2, 0.25) is 0 Å². The van der Waals surface area contributed by atoms with Gasteiger partial charge in [0.25, 0.3) is 0 Å². The Morgan fingerprint density at radius 2 is 0.690 bits per heavy atom. The smallest absolute Gasteiger partial charge is 0.308 e. The Morgan fingerprint density at radius 3 is 0.940 bits per heavy atom. The van der Waals surface area contributed by atoms with E-state index in [9.17, 15) is 58.8 Å². The van der Waals surface area contributed by atoms with Gasteiger partial charge in [-0.3, -0.25) is 38.4 Å². The van der Waals surface area contributed by atoms with Gasteiger partial charge in [-0.1, -0.05) is 183 Å². The Labute approximate surface area is 768 Å². The van der Waals surface area contributed by atoms with Crippen LogP contribution in [0.1, 0.15) is 338 Å². The molecule has 0 aromatic heterocycles. The average molecular weight is 1670 g/mol. The molecule has 12 aliphatic rings. The van der Waals surface area contributed by atoms with Crippen LogP contribution in [0.3, 0.4) is 0 Å². The van der Waals surface area contributed by atoms with Crippen molar-refractivity contribution >= 4 is 47.8 Å². The van der Waals surface area contributed by atoms with Gasteiger partial charge in [-0.2, -0.15) is 0 Å². The second-order valence-electron chi connectivity index (χ2n) is 30.3. The molecule has 4 heterocycles. The van der Waals surface area contributed by atoms with Crippen LogP contribution in [0.2, 0.25) is 0 Å². The number of carbonyl (C=O) groups excluding carboxylic acids is 8. The van der Waals surface area contributed by atoms with Crippen molar-refractivity contribution in [2.45, 2.75) is 337 Å². The highest BCUT2D eigenvalue weighted by molar-refractivity contribution is 5.75. The second kappa shape index (κ2) is 43.7. The van der Waals surface area contributed by atoms with Crippen molar-refractivity contribution in [3.05, 3.63) is 94.9 Å². The lowest BCUT2D eigenvalue weighted by Gasteiger charge is -2.43. The molecule has 4 N–H and O–H groups in total. The monoisotopic (exact) mass is 1670 g/mol. The summed E-state index contributed by atoms with van der Waals surface area (Å²) in [5.41, 5.74) is -1.29. The summed E-state index contributed by atoms with van der Waals surface area (Å²) in [4.78, 5) is 102. The molecule has 7 unspecified atom stereocenters. The van der Waals surface area contributed by atoms with E-state index in [1.807, 2.05) is 0 Å². The average Bonchev–Trinajstić information content (AvgIpc) is 0.699. The van der Waals surface area contributed by atoms with Crippen molar-refractivity contribution < 1.29 is 171 Å². The molecule has 116 heavy (non-hydrogen) atoms. The molecule has 20 heteroatoms. The second-order valence-corrected chi connectivity index (χ2v) is 30.3. The van der Waals surface area contributed by atoms with Crippen LogP contribution in [0.4, 0.5) is 0 Å². The van der Waals surface area contributed by atoms with Crippen LogP contribution in [-0.2, 0) is 76.3 Å². The molecule has 4 fully saturated rings. The summed E-state index contributed by atoms with van der Waals surface area (Å²) in [5.74, 6) is -49.5. The summed E-state index contributed by atoms with van der Waals surface area (Å²) < 4.78 is 489. The number of allylic oxidation sites excluding steroid dienone is 12. The van der Waals surface area contributed by atoms with E-state index in [-0.39, 0.29) is 100 Å². The van der Waals surface area contributed by atoms with Crippen molar-refractivity contribution in [1.82, 2.24) is 0 Å². The van der Waals surface area contributed by atoms with Gasteiger partial charge >= 0.3 is 47.8 Å². The molecule has 0 amide bonds. The Hall–Kier alpha value is -6.48. The van der Waals surface area contributed by atoms with Gasteiger partial charge in [-0.05, 0) is 196 Å². The zero-order valence-corrected chi connectivity index (χ0v) is 66.9. The topological polar surface area (TPSA) is 291 Å². The highest BCUT2D eigenvalue weighted by atomic mass is 16.6. The van der Waals surface area contributed by atoms with Gasteiger partial charge in [-0.15, -0.1) is 0 Å². The summed E-state index contributed by atoms with van der Waals surface area (Å²) in [7, 11) is 0. The third-order valence-corrected chi connectivity index (χ3v) is 21.7. The zero-order valence-electron chi connectivity index (χ0n) is 121. The van der Waals surface area contributed by atoms with E-state index in [1.54, 1.807) is 6.92 Å². The lowest BCUT2D eigenvalue weighted by Crippen LogP contribution is -2.42. The normalized spacial score (nSPS) is 55.5. The highest BCUT2D eigenvalue weighted by Gasteiger charge is 2.48. The van der Waals surface area contributed by atoms with E-state index in [0.29, 0.717) is 0 Å². The summed E-state index contributed by atoms with van der Waals surface area (Å²) in [6, 6.07) is -7.56. The fourth-order valence-electron chi connectivity index (χ4n) is 15.4. The summed E-state index contributed by atoms with van der Waals surface area (Å²) in [5, 5.41) is 40.6. The molecule has 0 aromatic rings. The molecule has 0 radical (unpaired) electrons. The maximum Gasteiger partial charge on any atom is 0.308 e. The zero-order chi connectivity index (χ0) is 132. The van der Waals surface area contributed by atoms with Gasteiger partial charge in [0.15, 0.2) is 0 Å². The highest BCUT2D eigenvalue weighted by Crippen LogP contribution is 2.51. The number of rotatable bonds is 24. The van der Waals surface area contributed by atoms with Crippen LogP contribution in [0.25, 0.3) is 0 Å². The Kier molecular flexibility index (Phi) is 16.5. The largest absolute Gasteiger partial charge is 0.462 e. The van der Waals surface area contributed by atoms with Crippen molar-refractivity contribution in [3.8, 4) is 0 Å². The molecule has 8 aliphatic carbocycles. The summed E-state index contributed by atoms with van der Waals surface area (Å²) in [6.45, 7) is 0.489. The molecule has 32 atom stereocenters. The number of ether oxygens (including phenoxy) is 8. The minimum absolute atomic E-state index is 0.0251. The number of aliphatic hydroxyl groups excluding tert-OH is 4. The number of aliphatic hydroxyl groups is 4. The van der Waals surface area contributed by atoms with Gasteiger partial charge in [0.05, 0.1) is 90.0 Å². The molecule has 0 bridgehead atoms. The number of esters is 8.